The molecule has 3 aliphatic rings. The molecule has 0 radical (unpaired) electrons. The molecule has 2 saturated heterocycles. The van der Waals surface area contributed by atoms with Gasteiger partial charge in [-0.1, -0.05) is 11.6 Å². The fourth-order valence-corrected chi connectivity index (χ4v) is 5.53. The number of sulfone groups is 1. The van der Waals surface area contributed by atoms with Crippen molar-refractivity contribution in [3.05, 3.63) is 35.1 Å². The molecule has 12 heteroatoms. The molecule has 5 rings (SSSR count). The van der Waals surface area contributed by atoms with Crippen molar-refractivity contribution < 1.29 is 27.4 Å². The van der Waals surface area contributed by atoms with Gasteiger partial charge in [0, 0.05) is 19.1 Å². The van der Waals surface area contributed by atoms with Gasteiger partial charge in [-0.2, -0.15) is 0 Å². The Labute approximate surface area is 215 Å². The quantitative estimate of drug-likeness (QED) is 0.586. The van der Waals surface area contributed by atoms with E-state index in [9.17, 15) is 13.2 Å². The third-order valence-electron chi connectivity index (χ3n) is 6.91. The number of ether oxygens (including phenoxy) is 3. The first kappa shape index (κ1) is 25.0. The highest BCUT2D eigenvalue weighted by molar-refractivity contribution is 7.90. The second-order valence-electron chi connectivity index (χ2n) is 9.97. The molecule has 36 heavy (non-hydrogen) atoms. The lowest BCUT2D eigenvalue weighted by Gasteiger charge is -2.47. The Kier molecular flexibility index (Phi) is 6.50. The summed E-state index contributed by atoms with van der Waals surface area (Å²) in [6, 6.07) is 4.24. The van der Waals surface area contributed by atoms with E-state index in [1.807, 2.05) is 18.7 Å². The number of nitrogens with zero attached hydrogens (tertiary/aromatic N) is 3. The summed E-state index contributed by atoms with van der Waals surface area (Å²) >= 11 is 6.31. The molecule has 1 aromatic carbocycles. The number of amides is 1. The fourth-order valence-electron chi connectivity index (χ4n) is 4.59. The lowest BCUT2D eigenvalue weighted by Crippen LogP contribution is -2.61. The Morgan fingerprint density at radius 1 is 1.22 bits per heavy atom. The second kappa shape index (κ2) is 9.35. The number of hydrogen-bond acceptors (Lipinski definition) is 9. The Balaban J connectivity index is 1.28. The predicted octanol–water partition coefficient (Wildman–Crippen LogP) is 3.89. The Hall–Kier alpha value is -2.63. The van der Waals surface area contributed by atoms with Crippen molar-refractivity contribution in [2.45, 2.75) is 68.2 Å². The molecular formula is C24H29ClN4O6S. The summed E-state index contributed by atoms with van der Waals surface area (Å²) in [4.78, 5) is 23.4. The first-order chi connectivity index (χ1) is 17.0. The van der Waals surface area contributed by atoms with Crippen LogP contribution < -0.4 is 10.1 Å². The first-order valence-electron chi connectivity index (χ1n) is 11.9. The first-order valence-corrected chi connectivity index (χ1v) is 14.1. The number of fused-ring (bicyclic) bond motifs is 2. The van der Waals surface area contributed by atoms with Crippen LogP contribution in [0.4, 0.5) is 16.3 Å². The molecule has 2 aromatic rings. The van der Waals surface area contributed by atoms with Crippen LogP contribution in [-0.2, 0) is 19.3 Å². The minimum absolute atomic E-state index is 0.121. The van der Waals surface area contributed by atoms with Gasteiger partial charge in [-0.15, -0.1) is 0 Å². The van der Waals surface area contributed by atoms with Crippen LogP contribution in [0.2, 0.25) is 5.02 Å². The van der Waals surface area contributed by atoms with Crippen LogP contribution in [0.5, 0.6) is 5.88 Å². The molecule has 1 N–H and O–H groups in total. The Morgan fingerprint density at radius 3 is 2.53 bits per heavy atom. The highest BCUT2D eigenvalue weighted by Crippen LogP contribution is 2.41. The number of aromatic nitrogens is 2. The minimum atomic E-state index is -3.37. The molecule has 2 aliphatic heterocycles. The summed E-state index contributed by atoms with van der Waals surface area (Å²) in [5, 5.41) is 3.39. The van der Waals surface area contributed by atoms with E-state index in [0.29, 0.717) is 49.0 Å². The SMILES string of the molecule is Cc1c(Nc2ccc(S(C)(=O)=O)cc2Cl)ncnc1OC1CC2COCC(C1)N2C(=O)OC1(C)CC1. The third-order valence-corrected chi connectivity index (χ3v) is 8.34. The zero-order chi connectivity index (χ0) is 25.7. The number of carbonyl (C=O) groups excluding carboxylic acids is 1. The summed E-state index contributed by atoms with van der Waals surface area (Å²) in [6.45, 7) is 4.69. The van der Waals surface area contributed by atoms with Gasteiger partial charge in [0.1, 0.15) is 23.9 Å². The molecule has 1 saturated carbocycles. The average Bonchev–Trinajstić information content (AvgIpc) is 3.52. The molecule has 3 fully saturated rings. The highest BCUT2D eigenvalue weighted by Gasteiger charge is 2.48. The van der Waals surface area contributed by atoms with Crippen molar-refractivity contribution in [2.75, 3.05) is 24.8 Å². The van der Waals surface area contributed by atoms with Crippen LogP contribution >= 0.6 is 11.6 Å². The summed E-state index contributed by atoms with van der Waals surface area (Å²) < 4.78 is 41.3. The van der Waals surface area contributed by atoms with E-state index in [1.54, 1.807) is 6.07 Å². The standard InChI is InChI=1S/C24H29ClN4O6S/c1-14-21(28-20-5-4-18(10-19(20)25)36(3,31)32)26-13-27-22(14)34-17-8-15-11-33-12-16(9-17)29(15)23(30)35-24(2)6-7-24/h4-5,10,13,15-17H,6-9,11-12H2,1-3H3,(H,26,27,28). The van der Waals surface area contributed by atoms with Gasteiger partial charge in [-0.3, -0.25) is 4.90 Å². The maximum Gasteiger partial charge on any atom is 0.410 e. The lowest BCUT2D eigenvalue weighted by molar-refractivity contribution is -0.0956. The molecule has 3 heterocycles. The van der Waals surface area contributed by atoms with Crippen molar-refractivity contribution in [1.82, 2.24) is 14.9 Å². The minimum Gasteiger partial charge on any atom is -0.474 e. The van der Waals surface area contributed by atoms with Gasteiger partial charge < -0.3 is 19.5 Å². The number of hydrogen-bond donors (Lipinski definition) is 1. The Morgan fingerprint density at radius 2 is 1.92 bits per heavy atom. The third kappa shape index (κ3) is 5.23. The van der Waals surface area contributed by atoms with Gasteiger partial charge in [-0.25, -0.2) is 23.2 Å². The number of anilines is 2. The maximum absolute atomic E-state index is 12.8. The molecule has 2 bridgehead atoms. The van der Waals surface area contributed by atoms with Crippen molar-refractivity contribution in [1.29, 1.82) is 0 Å². The molecule has 0 spiro atoms. The number of benzene rings is 1. The maximum atomic E-state index is 12.8. The van der Waals surface area contributed by atoms with Crippen LogP contribution in [0.1, 0.15) is 38.2 Å². The number of morpholine rings is 1. The van der Waals surface area contributed by atoms with Crippen LogP contribution in [0.15, 0.2) is 29.4 Å². The molecular weight excluding hydrogens is 508 g/mol. The number of piperidine rings is 1. The topological polar surface area (TPSA) is 120 Å². The summed E-state index contributed by atoms with van der Waals surface area (Å²) in [5.74, 6) is 0.929. The van der Waals surface area contributed by atoms with Gasteiger partial charge >= 0.3 is 6.09 Å². The molecule has 2 unspecified atom stereocenters. The number of rotatable bonds is 6. The summed E-state index contributed by atoms with van der Waals surface area (Å²) in [6.07, 6.45) is 5.13. The highest BCUT2D eigenvalue weighted by atomic mass is 35.5. The van der Waals surface area contributed by atoms with Crippen molar-refractivity contribution >= 4 is 39.0 Å². The summed E-state index contributed by atoms with van der Waals surface area (Å²) in [5.41, 5.74) is 0.875. The average molecular weight is 537 g/mol. The van der Waals surface area contributed by atoms with Crippen LogP contribution in [-0.4, -0.2) is 72.6 Å². The Bertz CT molecular complexity index is 1270. The number of halogens is 1. The van der Waals surface area contributed by atoms with Crippen LogP contribution in [0.25, 0.3) is 0 Å². The van der Waals surface area contributed by atoms with Crippen molar-refractivity contribution in [3.63, 3.8) is 0 Å². The van der Waals surface area contributed by atoms with E-state index in [4.69, 9.17) is 25.8 Å². The summed E-state index contributed by atoms with van der Waals surface area (Å²) in [7, 11) is -3.37. The second-order valence-corrected chi connectivity index (χ2v) is 12.4. The molecule has 1 aromatic heterocycles. The van der Waals surface area contributed by atoms with E-state index < -0.39 is 9.84 Å². The zero-order valence-electron chi connectivity index (χ0n) is 20.4. The molecule has 2 atom stereocenters. The van der Waals surface area contributed by atoms with Gasteiger partial charge in [0.2, 0.25) is 5.88 Å². The molecule has 194 valence electrons. The molecule has 10 nitrogen and oxygen atoms in total. The zero-order valence-corrected chi connectivity index (χ0v) is 21.9. The van der Waals surface area contributed by atoms with Crippen molar-refractivity contribution in [3.8, 4) is 5.88 Å². The van der Waals surface area contributed by atoms with Crippen LogP contribution in [0, 0.1) is 6.92 Å². The van der Waals surface area contributed by atoms with Gasteiger partial charge in [0.25, 0.3) is 0 Å². The van der Waals surface area contributed by atoms with E-state index in [1.165, 1.54) is 18.5 Å². The molecule has 1 amide bonds. The van der Waals surface area contributed by atoms with Crippen molar-refractivity contribution in [2.24, 2.45) is 0 Å². The van der Waals surface area contributed by atoms with E-state index in [0.717, 1.165) is 19.1 Å². The fraction of sp³-hybridized carbons (Fsp3) is 0.542. The lowest BCUT2D eigenvalue weighted by atomic mass is 9.92. The number of nitrogens with one attached hydrogen (secondary N) is 1. The number of carbonyl (C=O) groups is 1. The smallest absolute Gasteiger partial charge is 0.410 e. The van der Waals surface area contributed by atoms with Gasteiger partial charge in [-0.05, 0) is 44.9 Å². The van der Waals surface area contributed by atoms with E-state index in [2.05, 4.69) is 15.3 Å². The normalized spacial score (nSPS) is 24.7. The van der Waals surface area contributed by atoms with E-state index in [-0.39, 0.29) is 39.8 Å². The van der Waals surface area contributed by atoms with Crippen LogP contribution in [0.3, 0.4) is 0 Å². The predicted molar refractivity (Wildman–Crippen MR) is 133 cm³/mol. The largest absolute Gasteiger partial charge is 0.474 e. The monoisotopic (exact) mass is 536 g/mol. The molecule has 1 aliphatic carbocycles. The van der Waals surface area contributed by atoms with Gasteiger partial charge in [0.05, 0.1) is 46.5 Å². The van der Waals surface area contributed by atoms with E-state index >= 15 is 0 Å². The van der Waals surface area contributed by atoms with Gasteiger partial charge in [0.15, 0.2) is 9.84 Å².